The van der Waals surface area contributed by atoms with Gasteiger partial charge in [0.2, 0.25) is 5.91 Å². The fourth-order valence-corrected chi connectivity index (χ4v) is 1.03. The van der Waals surface area contributed by atoms with Crippen LogP contribution in [0.25, 0.3) is 0 Å². The first-order valence-electron chi connectivity index (χ1n) is 4.04. The molecule has 1 atom stereocenters. The molecule has 4 heteroatoms. The minimum absolute atomic E-state index is 0.287. The SMILES string of the molecule is CCCC[C@@H](C=O)N(Cl)C(C)=O. The summed E-state index contributed by atoms with van der Waals surface area (Å²) in [6.07, 6.45) is 3.25. The van der Waals surface area contributed by atoms with Gasteiger partial charge in [0.1, 0.15) is 12.3 Å². The van der Waals surface area contributed by atoms with Gasteiger partial charge >= 0.3 is 0 Å². The number of carbonyl (C=O) groups is 2. The van der Waals surface area contributed by atoms with Gasteiger partial charge < -0.3 is 4.79 Å². The Balaban J connectivity index is 3.95. The largest absolute Gasteiger partial charge is 0.301 e. The summed E-state index contributed by atoms with van der Waals surface area (Å²) in [5, 5.41) is 0. The molecule has 0 saturated carbocycles. The van der Waals surface area contributed by atoms with Gasteiger partial charge in [-0.3, -0.25) is 4.79 Å². The Morgan fingerprint density at radius 3 is 2.58 bits per heavy atom. The van der Waals surface area contributed by atoms with Crippen molar-refractivity contribution >= 4 is 24.0 Å². The molecule has 0 rings (SSSR count). The zero-order valence-corrected chi connectivity index (χ0v) is 8.17. The van der Waals surface area contributed by atoms with Gasteiger partial charge in [-0.1, -0.05) is 19.8 Å². The van der Waals surface area contributed by atoms with Gasteiger partial charge in [0.05, 0.1) is 0 Å². The first kappa shape index (κ1) is 11.4. The Bertz CT molecular complexity index is 161. The summed E-state index contributed by atoms with van der Waals surface area (Å²) in [5.74, 6) is -0.287. The van der Waals surface area contributed by atoms with Gasteiger partial charge in [-0.2, -0.15) is 0 Å². The highest BCUT2D eigenvalue weighted by Crippen LogP contribution is 2.09. The van der Waals surface area contributed by atoms with E-state index < -0.39 is 6.04 Å². The van der Waals surface area contributed by atoms with Crippen molar-refractivity contribution in [3.8, 4) is 0 Å². The van der Waals surface area contributed by atoms with Crippen LogP contribution >= 0.6 is 11.8 Å². The molecule has 1 amide bonds. The molecule has 0 aromatic rings. The van der Waals surface area contributed by atoms with E-state index in [9.17, 15) is 9.59 Å². The van der Waals surface area contributed by atoms with Crippen LogP contribution in [-0.4, -0.2) is 22.7 Å². The molecule has 0 heterocycles. The maximum absolute atomic E-state index is 10.7. The number of carbonyl (C=O) groups excluding carboxylic acids is 2. The van der Waals surface area contributed by atoms with Gasteiger partial charge in [0, 0.05) is 18.7 Å². The third kappa shape index (κ3) is 3.72. The predicted molar refractivity (Wildman–Crippen MR) is 47.8 cm³/mol. The van der Waals surface area contributed by atoms with Crippen LogP contribution < -0.4 is 0 Å². The second kappa shape index (κ2) is 6.00. The predicted octanol–water partition coefficient (Wildman–Crippen LogP) is 1.75. The lowest BCUT2D eigenvalue weighted by Gasteiger charge is -2.18. The normalized spacial score (nSPS) is 12.2. The van der Waals surface area contributed by atoms with Crippen LogP contribution in [0.4, 0.5) is 0 Å². The monoisotopic (exact) mass is 191 g/mol. The van der Waals surface area contributed by atoms with E-state index in [0.29, 0.717) is 12.7 Å². The summed E-state index contributed by atoms with van der Waals surface area (Å²) < 4.78 is 0.961. The molecule has 0 unspecified atom stereocenters. The molecular weight excluding hydrogens is 178 g/mol. The summed E-state index contributed by atoms with van der Waals surface area (Å²) in [6, 6.07) is -0.468. The maximum Gasteiger partial charge on any atom is 0.234 e. The molecular formula is C8H14ClNO2. The van der Waals surface area contributed by atoms with Crippen molar-refractivity contribution in [1.82, 2.24) is 4.42 Å². The Morgan fingerprint density at radius 1 is 1.67 bits per heavy atom. The first-order chi connectivity index (χ1) is 5.63. The van der Waals surface area contributed by atoms with E-state index in [1.165, 1.54) is 6.92 Å². The lowest BCUT2D eigenvalue weighted by molar-refractivity contribution is -0.128. The van der Waals surface area contributed by atoms with Crippen LogP contribution in [0.5, 0.6) is 0 Å². The maximum atomic E-state index is 10.7. The molecule has 0 saturated heterocycles. The Labute approximate surface area is 77.8 Å². The second-order valence-electron chi connectivity index (χ2n) is 2.68. The standard InChI is InChI=1S/C8H14ClNO2/c1-3-4-5-8(6-11)10(9)7(2)12/h6,8H,3-5H2,1-2H3/t8-/m0/s1. The second-order valence-corrected chi connectivity index (χ2v) is 3.04. The van der Waals surface area contributed by atoms with E-state index in [4.69, 9.17) is 11.8 Å². The molecule has 3 nitrogen and oxygen atoms in total. The summed E-state index contributed by atoms with van der Waals surface area (Å²) in [4.78, 5) is 21.2. The molecule has 0 radical (unpaired) electrons. The molecule has 70 valence electrons. The molecule has 0 N–H and O–H groups in total. The van der Waals surface area contributed by atoms with E-state index in [2.05, 4.69) is 0 Å². The summed E-state index contributed by atoms with van der Waals surface area (Å²) in [6.45, 7) is 3.36. The quantitative estimate of drug-likeness (QED) is 0.491. The van der Waals surface area contributed by atoms with E-state index in [0.717, 1.165) is 17.3 Å². The van der Waals surface area contributed by atoms with Crippen molar-refractivity contribution < 1.29 is 9.59 Å². The Morgan fingerprint density at radius 2 is 2.25 bits per heavy atom. The van der Waals surface area contributed by atoms with Gasteiger partial charge in [0.15, 0.2) is 0 Å². The van der Waals surface area contributed by atoms with Crippen LogP contribution in [0.3, 0.4) is 0 Å². The summed E-state index contributed by atoms with van der Waals surface area (Å²) in [5.41, 5.74) is 0. The topological polar surface area (TPSA) is 37.4 Å². The van der Waals surface area contributed by atoms with Crippen molar-refractivity contribution in [3.63, 3.8) is 0 Å². The highest BCUT2D eigenvalue weighted by Gasteiger charge is 2.17. The lowest BCUT2D eigenvalue weighted by atomic mass is 10.1. The van der Waals surface area contributed by atoms with Crippen LogP contribution in [0.15, 0.2) is 0 Å². The first-order valence-corrected chi connectivity index (χ1v) is 4.38. The fraction of sp³-hybridized carbons (Fsp3) is 0.750. The van der Waals surface area contributed by atoms with Crippen molar-refractivity contribution in [1.29, 1.82) is 0 Å². The molecule has 0 spiro atoms. The van der Waals surface area contributed by atoms with Crippen molar-refractivity contribution in [2.45, 2.75) is 39.2 Å². The molecule has 0 aromatic carbocycles. The number of amides is 1. The summed E-state index contributed by atoms with van der Waals surface area (Å²) >= 11 is 5.57. The average Bonchev–Trinajstić information content (AvgIpc) is 2.05. The number of nitrogens with zero attached hydrogens (tertiary/aromatic N) is 1. The highest BCUT2D eigenvalue weighted by atomic mass is 35.5. The van der Waals surface area contributed by atoms with Gasteiger partial charge in [0.25, 0.3) is 0 Å². The zero-order valence-electron chi connectivity index (χ0n) is 7.42. The minimum atomic E-state index is -0.468. The average molecular weight is 192 g/mol. The number of hydrogen-bond acceptors (Lipinski definition) is 2. The molecule has 0 aromatic heterocycles. The smallest absolute Gasteiger partial charge is 0.234 e. The number of hydrogen-bond donors (Lipinski definition) is 0. The third-order valence-electron chi connectivity index (χ3n) is 1.60. The minimum Gasteiger partial charge on any atom is -0.301 e. The zero-order chi connectivity index (χ0) is 9.56. The van der Waals surface area contributed by atoms with E-state index in [-0.39, 0.29) is 5.91 Å². The van der Waals surface area contributed by atoms with Gasteiger partial charge in [-0.05, 0) is 6.42 Å². The van der Waals surface area contributed by atoms with Crippen LogP contribution in [0.1, 0.15) is 33.1 Å². The van der Waals surface area contributed by atoms with Crippen LogP contribution in [-0.2, 0) is 9.59 Å². The van der Waals surface area contributed by atoms with E-state index in [1.807, 2.05) is 6.92 Å². The molecule has 0 bridgehead atoms. The van der Waals surface area contributed by atoms with E-state index >= 15 is 0 Å². The molecule has 12 heavy (non-hydrogen) atoms. The van der Waals surface area contributed by atoms with Gasteiger partial charge in [-0.25, -0.2) is 4.42 Å². The number of rotatable bonds is 5. The van der Waals surface area contributed by atoms with Crippen LogP contribution in [0.2, 0.25) is 0 Å². The Kier molecular flexibility index (Phi) is 5.72. The van der Waals surface area contributed by atoms with Crippen molar-refractivity contribution in [2.24, 2.45) is 0 Å². The molecule has 0 aliphatic heterocycles. The van der Waals surface area contributed by atoms with Crippen LogP contribution in [0, 0.1) is 0 Å². The van der Waals surface area contributed by atoms with Crippen molar-refractivity contribution in [3.05, 3.63) is 0 Å². The fourth-order valence-electron chi connectivity index (χ4n) is 0.882. The van der Waals surface area contributed by atoms with Crippen molar-refractivity contribution in [2.75, 3.05) is 0 Å². The highest BCUT2D eigenvalue weighted by molar-refractivity contribution is 6.22. The lowest BCUT2D eigenvalue weighted by Crippen LogP contribution is -2.32. The molecule has 0 aliphatic rings. The molecule has 0 aliphatic carbocycles. The van der Waals surface area contributed by atoms with E-state index in [1.54, 1.807) is 0 Å². The Hall–Kier alpha value is -0.570. The number of halogens is 1. The summed E-state index contributed by atoms with van der Waals surface area (Å²) in [7, 11) is 0. The number of unbranched alkanes of at least 4 members (excludes halogenated alkanes) is 1. The molecule has 0 fully saturated rings. The van der Waals surface area contributed by atoms with Gasteiger partial charge in [-0.15, -0.1) is 0 Å². The number of aldehydes is 1. The third-order valence-corrected chi connectivity index (χ3v) is 2.09.